The van der Waals surface area contributed by atoms with Gasteiger partial charge in [0.25, 0.3) is 5.69 Å². The maximum absolute atomic E-state index is 11.6. The highest BCUT2D eigenvalue weighted by atomic mass is 79.9. The zero-order chi connectivity index (χ0) is 16.1. The number of esters is 1. The Hall–Kier alpha value is -2.41. The largest absolute Gasteiger partial charge is 0.465 e. The smallest absolute Gasteiger partial charge is 0.344 e. The first-order valence-electron chi connectivity index (χ1n) is 6.36. The fourth-order valence-corrected chi connectivity index (χ4v) is 2.15. The predicted molar refractivity (Wildman–Crippen MR) is 85.9 cm³/mol. The molecule has 0 spiro atoms. The standard InChI is InChI=1S/C15H13BrN2O4/c1-22-15(19)13-8-12(6-7-14(13)18(20)21)17-9-10-2-4-11(16)5-3-10/h2-8,17H,9H2,1H3. The van der Waals surface area contributed by atoms with Crippen molar-refractivity contribution >= 4 is 33.3 Å². The molecule has 0 radical (unpaired) electrons. The molecular formula is C15H13BrN2O4. The molecule has 0 saturated heterocycles. The first kappa shape index (κ1) is 16.0. The van der Waals surface area contributed by atoms with Crippen LogP contribution in [0.15, 0.2) is 46.9 Å². The number of nitrogens with zero attached hydrogens (tertiary/aromatic N) is 1. The monoisotopic (exact) mass is 364 g/mol. The molecule has 7 heteroatoms. The van der Waals surface area contributed by atoms with Crippen molar-refractivity contribution in [3.8, 4) is 0 Å². The van der Waals surface area contributed by atoms with Gasteiger partial charge in [0.05, 0.1) is 12.0 Å². The first-order valence-corrected chi connectivity index (χ1v) is 7.15. The van der Waals surface area contributed by atoms with Gasteiger partial charge in [-0.25, -0.2) is 4.79 Å². The van der Waals surface area contributed by atoms with Gasteiger partial charge in [-0.15, -0.1) is 0 Å². The van der Waals surface area contributed by atoms with Crippen LogP contribution in [0.5, 0.6) is 0 Å². The summed E-state index contributed by atoms with van der Waals surface area (Å²) in [4.78, 5) is 22.0. The molecule has 6 nitrogen and oxygen atoms in total. The second kappa shape index (κ2) is 7.04. The third-order valence-electron chi connectivity index (χ3n) is 3.01. The SMILES string of the molecule is COC(=O)c1cc(NCc2ccc(Br)cc2)ccc1[N+](=O)[O-]. The van der Waals surface area contributed by atoms with E-state index in [2.05, 4.69) is 26.0 Å². The van der Waals surface area contributed by atoms with Crippen molar-refractivity contribution in [2.24, 2.45) is 0 Å². The Balaban J connectivity index is 2.19. The van der Waals surface area contributed by atoms with Crippen molar-refractivity contribution in [3.63, 3.8) is 0 Å². The minimum atomic E-state index is -0.737. The molecule has 114 valence electrons. The van der Waals surface area contributed by atoms with E-state index in [-0.39, 0.29) is 11.3 Å². The molecule has 0 amide bonds. The van der Waals surface area contributed by atoms with Crippen LogP contribution in [-0.4, -0.2) is 18.0 Å². The second-order valence-corrected chi connectivity index (χ2v) is 5.38. The number of ether oxygens (including phenoxy) is 1. The molecule has 0 heterocycles. The lowest BCUT2D eigenvalue weighted by atomic mass is 10.1. The lowest BCUT2D eigenvalue weighted by molar-refractivity contribution is -0.385. The van der Waals surface area contributed by atoms with Gasteiger partial charge >= 0.3 is 5.97 Å². The van der Waals surface area contributed by atoms with Gasteiger partial charge in [-0.05, 0) is 29.8 Å². The van der Waals surface area contributed by atoms with Crippen LogP contribution < -0.4 is 5.32 Å². The zero-order valence-electron chi connectivity index (χ0n) is 11.7. The van der Waals surface area contributed by atoms with E-state index in [1.54, 1.807) is 6.07 Å². The number of rotatable bonds is 5. The van der Waals surface area contributed by atoms with Crippen molar-refractivity contribution < 1.29 is 14.5 Å². The highest BCUT2D eigenvalue weighted by molar-refractivity contribution is 9.10. The molecule has 0 saturated carbocycles. The maximum atomic E-state index is 11.6. The molecule has 2 aromatic rings. The molecule has 0 fully saturated rings. The van der Waals surface area contributed by atoms with Gasteiger partial charge in [0.15, 0.2) is 0 Å². The number of methoxy groups -OCH3 is 1. The molecule has 2 aromatic carbocycles. The molecule has 1 N–H and O–H groups in total. The summed E-state index contributed by atoms with van der Waals surface area (Å²) in [6.07, 6.45) is 0. The minimum absolute atomic E-state index is 0.0756. The molecule has 2 rings (SSSR count). The number of carbonyl (C=O) groups excluding carboxylic acids is 1. The third kappa shape index (κ3) is 3.82. The summed E-state index contributed by atoms with van der Waals surface area (Å²) in [7, 11) is 1.19. The fraction of sp³-hybridized carbons (Fsp3) is 0.133. The van der Waals surface area contributed by atoms with E-state index in [0.29, 0.717) is 12.2 Å². The van der Waals surface area contributed by atoms with Crippen LogP contribution in [0.1, 0.15) is 15.9 Å². The number of hydrogen-bond donors (Lipinski definition) is 1. The van der Waals surface area contributed by atoms with Crippen LogP contribution in [0.2, 0.25) is 0 Å². The molecule has 0 aliphatic rings. The van der Waals surface area contributed by atoms with E-state index < -0.39 is 10.9 Å². The van der Waals surface area contributed by atoms with Crippen molar-refractivity contribution in [1.82, 2.24) is 0 Å². The van der Waals surface area contributed by atoms with E-state index in [0.717, 1.165) is 10.0 Å². The van der Waals surface area contributed by atoms with E-state index in [1.807, 2.05) is 24.3 Å². The lowest BCUT2D eigenvalue weighted by Gasteiger charge is -2.08. The highest BCUT2D eigenvalue weighted by Crippen LogP contribution is 2.24. The highest BCUT2D eigenvalue weighted by Gasteiger charge is 2.21. The maximum Gasteiger partial charge on any atom is 0.344 e. The van der Waals surface area contributed by atoms with Gasteiger partial charge in [0.1, 0.15) is 5.56 Å². The second-order valence-electron chi connectivity index (χ2n) is 4.46. The molecule has 22 heavy (non-hydrogen) atoms. The molecule has 0 aromatic heterocycles. The van der Waals surface area contributed by atoms with E-state index in [1.165, 1.54) is 19.2 Å². The van der Waals surface area contributed by atoms with Crippen molar-refractivity contribution in [3.05, 3.63) is 68.2 Å². The summed E-state index contributed by atoms with van der Waals surface area (Å²) in [5.41, 5.74) is 1.30. The van der Waals surface area contributed by atoms with Crippen molar-refractivity contribution in [1.29, 1.82) is 0 Å². The summed E-state index contributed by atoms with van der Waals surface area (Å²) in [5.74, 6) is -0.737. The lowest BCUT2D eigenvalue weighted by Crippen LogP contribution is -2.07. The van der Waals surface area contributed by atoms with Crippen LogP contribution in [0, 0.1) is 10.1 Å². The topological polar surface area (TPSA) is 81.5 Å². The number of benzene rings is 2. The molecule has 0 aliphatic carbocycles. The van der Waals surface area contributed by atoms with Crippen LogP contribution in [0.4, 0.5) is 11.4 Å². The quantitative estimate of drug-likeness (QED) is 0.496. The summed E-state index contributed by atoms with van der Waals surface area (Å²) in [5, 5.41) is 14.1. The average Bonchev–Trinajstić information content (AvgIpc) is 2.53. The zero-order valence-corrected chi connectivity index (χ0v) is 13.3. The summed E-state index contributed by atoms with van der Waals surface area (Å²) >= 11 is 3.36. The Morgan fingerprint density at radius 1 is 1.27 bits per heavy atom. The van der Waals surface area contributed by atoms with Gasteiger partial charge in [0.2, 0.25) is 0 Å². The fourth-order valence-electron chi connectivity index (χ4n) is 1.89. The Kier molecular flexibility index (Phi) is 5.11. The van der Waals surface area contributed by atoms with Gasteiger partial charge in [-0.1, -0.05) is 28.1 Å². The summed E-state index contributed by atoms with van der Waals surface area (Å²) in [6, 6.07) is 12.0. The Morgan fingerprint density at radius 3 is 2.55 bits per heavy atom. The van der Waals surface area contributed by atoms with Gasteiger partial charge < -0.3 is 10.1 Å². The Morgan fingerprint density at radius 2 is 1.95 bits per heavy atom. The van der Waals surface area contributed by atoms with E-state index >= 15 is 0 Å². The van der Waals surface area contributed by atoms with Crippen LogP contribution in [0.25, 0.3) is 0 Å². The molecule has 0 aliphatic heterocycles. The number of halogens is 1. The van der Waals surface area contributed by atoms with E-state index in [4.69, 9.17) is 0 Å². The number of carbonyl (C=O) groups is 1. The minimum Gasteiger partial charge on any atom is -0.465 e. The first-order chi connectivity index (χ1) is 10.5. The van der Waals surface area contributed by atoms with Crippen molar-refractivity contribution in [2.45, 2.75) is 6.54 Å². The van der Waals surface area contributed by atoms with Gasteiger partial charge in [-0.3, -0.25) is 10.1 Å². The Labute approximate surface area is 135 Å². The number of nitro groups is 1. The molecule has 0 bridgehead atoms. The van der Waals surface area contributed by atoms with Crippen molar-refractivity contribution in [2.75, 3.05) is 12.4 Å². The molecule has 0 atom stereocenters. The van der Waals surface area contributed by atoms with E-state index in [9.17, 15) is 14.9 Å². The number of anilines is 1. The predicted octanol–water partition coefficient (Wildman–Crippen LogP) is 3.76. The van der Waals surface area contributed by atoms with Crippen LogP contribution >= 0.6 is 15.9 Å². The summed E-state index contributed by atoms with van der Waals surface area (Å²) in [6.45, 7) is 0.533. The van der Waals surface area contributed by atoms with Gasteiger partial charge in [-0.2, -0.15) is 0 Å². The Bertz CT molecular complexity index is 701. The van der Waals surface area contributed by atoms with Crippen LogP contribution in [0.3, 0.4) is 0 Å². The number of nitro benzene ring substituents is 1. The normalized spacial score (nSPS) is 10.1. The third-order valence-corrected chi connectivity index (χ3v) is 3.54. The number of nitrogens with one attached hydrogen (secondary N) is 1. The average molecular weight is 365 g/mol. The summed E-state index contributed by atoms with van der Waals surface area (Å²) < 4.78 is 5.57. The number of hydrogen-bond acceptors (Lipinski definition) is 5. The molecule has 0 unspecified atom stereocenters. The molecular weight excluding hydrogens is 352 g/mol. The van der Waals surface area contributed by atoms with Gasteiger partial charge in [0, 0.05) is 22.8 Å². The van der Waals surface area contributed by atoms with Crippen LogP contribution in [-0.2, 0) is 11.3 Å².